The van der Waals surface area contributed by atoms with Crippen molar-refractivity contribution in [2.75, 3.05) is 19.0 Å². The van der Waals surface area contributed by atoms with Crippen LogP contribution in [0.3, 0.4) is 0 Å². The van der Waals surface area contributed by atoms with Gasteiger partial charge in [0, 0.05) is 11.8 Å². The van der Waals surface area contributed by atoms with Crippen LogP contribution < -0.4 is 14.8 Å². The summed E-state index contributed by atoms with van der Waals surface area (Å²) >= 11 is 2.90. The van der Waals surface area contributed by atoms with Crippen LogP contribution in [0.2, 0.25) is 0 Å². The molecule has 3 rings (SSSR count). The lowest BCUT2D eigenvalue weighted by molar-refractivity contribution is -0.111. The second-order valence-electron chi connectivity index (χ2n) is 5.83. The molecule has 1 amide bonds. The van der Waals surface area contributed by atoms with E-state index in [0.29, 0.717) is 16.6 Å². The molecule has 0 saturated heterocycles. The number of ether oxygens (including phenoxy) is 2. The molecule has 0 aliphatic heterocycles. The van der Waals surface area contributed by atoms with Crippen LogP contribution >= 0.6 is 23.1 Å². The lowest BCUT2D eigenvalue weighted by atomic mass is 10.2. The molecule has 1 aromatic heterocycles. The second-order valence-corrected chi connectivity index (χ2v) is 8.03. The fraction of sp³-hybridized carbons (Fsp3) is 0.143. The van der Waals surface area contributed by atoms with Crippen LogP contribution in [0.25, 0.3) is 6.08 Å². The van der Waals surface area contributed by atoms with Crippen LogP contribution in [0.15, 0.2) is 58.9 Å². The predicted molar refractivity (Wildman–Crippen MR) is 118 cm³/mol. The van der Waals surface area contributed by atoms with Crippen LogP contribution in [0, 0.1) is 11.3 Å². The van der Waals surface area contributed by atoms with E-state index in [-0.39, 0.29) is 12.5 Å². The maximum Gasteiger partial charge on any atom is 0.250 e. The maximum absolute atomic E-state index is 12.2. The number of nitriles is 1. The number of rotatable bonds is 9. The summed E-state index contributed by atoms with van der Waals surface area (Å²) in [5, 5.41) is 19.9. The highest BCUT2D eigenvalue weighted by molar-refractivity contribution is 8.00. The van der Waals surface area contributed by atoms with E-state index in [2.05, 4.69) is 27.6 Å². The lowest BCUT2D eigenvalue weighted by Gasteiger charge is -2.08. The van der Waals surface area contributed by atoms with E-state index in [9.17, 15) is 4.79 Å². The minimum Gasteiger partial charge on any atom is -0.493 e. The SMILES string of the molecule is COc1cc(/C=C/C(=O)Nc2nnc(SCc3ccccc3)s2)ccc1OCC#N. The summed E-state index contributed by atoms with van der Waals surface area (Å²) in [4.78, 5) is 12.2. The molecule has 7 nitrogen and oxygen atoms in total. The van der Waals surface area contributed by atoms with Crippen molar-refractivity contribution in [1.82, 2.24) is 10.2 Å². The molecule has 0 fully saturated rings. The topological polar surface area (TPSA) is 97.1 Å². The van der Waals surface area contributed by atoms with Gasteiger partial charge in [0.15, 0.2) is 22.4 Å². The van der Waals surface area contributed by atoms with Crippen molar-refractivity contribution in [2.45, 2.75) is 10.1 Å². The first-order valence-electron chi connectivity index (χ1n) is 8.85. The molecule has 0 unspecified atom stereocenters. The zero-order valence-electron chi connectivity index (χ0n) is 16.1. The van der Waals surface area contributed by atoms with Crippen molar-refractivity contribution in [3.05, 3.63) is 65.7 Å². The Morgan fingerprint density at radius 1 is 1.23 bits per heavy atom. The fourth-order valence-electron chi connectivity index (χ4n) is 2.37. The van der Waals surface area contributed by atoms with E-state index in [1.165, 1.54) is 30.1 Å². The zero-order chi connectivity index (χ0) is 21.2. The Morgan fingerprint density at radius 2 is 2.07 bits per heavy atom. The molecule has 30 heavy (non-hydrogen) atoms. The molecule has 0 saturated carbocycles. The van der Waals surface area contributed by atoms with Crippen LogP contribution in [-0.4, -0.2) is 29.8 Å². The number of carbonyl (C=O) groups is 1. The molecule has 3 aromatic rings. The fourth-order valence-corrected chi connectivity index (χ4v) is 4.08. The first-order valence-corrected chi connectivity index (χ1v) is 10.6. The molecule has 1 N–H and O–H groups in total. The van der Waals surface area contributed by atoms with Crippen molar-refractivity contribution in [3.63, 3.8) is 0 Å². The number of nitrogens with one attached hydrogen (secondary N) is 1. The van der Waals surface area contributed by atoms with Crippen molar-refractivity contribution in [1.29, 1.82) is 5.26 Å². The van der Waals surface area contributed by atoms with Crippen molar-refractivity contribution in [3.8, 4) is 17.6 Å². The average molecular weight is 439 g/mol. The van der Waals surface area contributed by atoms with Gasteiger partial charge in [-0.1, -0.05) is 59.5 Å². The number of amides is 1. The summed E-state index contributed by atoms with van der Waals surface area (Å²) in [6.45, 7) is -0.0680. The van der Waals surface area contributed by atoms with Crippen molar-refractivity contribution >= 4 is 40.2 Å². The average Bonchev–Trinajstić information content (AvgIpc) is 3.23. The third kappa shape index (κ3) is 6.34. The van der Waals surface area contributed by atoms with Gasteiger partial charge < -0.3 is 9.47 Å². The van der Waals surface area contributed by atoms with Crippen LogP contribution in [-0.2, 0) is 10.5 Å². The Bertz CT molecular complexity index is 1060. The number of thioether (sulfide) groups is 1. The molecule has 0 spiro atoms. The normalized spacial score (nSPS) is 10.5. The highest BCUT2D eigenvalue weighted by atomic mass is 32.2. The van der Waals surface area contributed by atoms with E-state index >= 15 is 0 Å². The number of hydrogen-bond acceptors (Lipinski definition) is 8. The first-order chi connectivity index (χ1) is 14.7. The Morgan fingerprint density at radius 3 is 2.83 bits per heavy atom. The zero-order valence-corrected chi connectivity index (χ0v) is 17.7. The van der Waals surface area contributed by atoms with Gasteiger partial charge in [-0.05, 0) is 29.3 Å². The molecule has 0 radical (unpaired) electrons. The number of anilines is 1. The number of hydrogen-bond donors (Lipinski definition) is 1. The molecule has 2 aromatic carbocycles. The number of benzene rings is 2. The van der Waals surface area contributed by atoms with E-state index in [4.69, 9.17) is 14.7 Å². The number of nitrogens with zero attached hydrogens (tertiary/aromatic N) is 3. The Hall–Kier alpha value is -3.35. The highest BCUT2D eigenvalue weighted by Gasteiger charge is 2.08. The standard InChI is InChI=1S/C21H18N4O3S2/c1-27-18-13-15(7-9-17(18)28-12-11-22)8-10-19(26)23-20-24-25-21(30-20)29-14-16-5-3-2-4-6-16/h2-10,13H,12,14H2,1H3,(H,23,24,26)/b10-8+. The van der Waals surface area contributed by atoms with Crippen LogP contribution in [0.4, 0.5) is 5.13 Å². The summed E-state index contributed by atoms with van der Waals surface area (Å²) in [5.41, 5.74) is 1.95. The van der Waals surface area contributed by atoms with Gasteiger partial charge in [0.1, 0.15) is 6.07 Å². The molecule has 1 heterocycles. The van der Waals surface area contributed by atoms with Crippen molar-refractivity contribution < 1.29 is 14.3 Å². The molecule has 0 bridgehead atoms. The minimum absolute atomic E-state index is 0.0680. The second kappa shape index (κ2) is 11.0. The highest BCUT2D eigenvalue weighted by Crippen LogP contribution is 2.29. The third-order valence-corrected chi connectivity index (χ3v) is 5.79. The van der Waals surface area contributed by atoms with Gasteiger partial charge in [-0.15, -0.1) is 10.2 Å². The Labute approximate surface area is 182 Å². The van der Waals surface area contributed by atoms with Gasteiger partial charge in [-0.25, -0.2) is 0 Å². The van der Waals surface area contributed by atoms with Gasteiger partial charge in [0.25, 0.3) is 0 Å². The maximum atomic E-state index is 12.2. The summed E-state index contributed by atoms with van der Waals surface area (Å²) < 4.78 is 11.3. The smallest absolute Gasteiger partial charge is 0.250 e. The molecule has 152 valence electrons. The number of methoxy groups -OCH3 is 1. The van der Waals surface area contributed by atoms with Gasteiger partial charge >= 0.3 is 0 Å². The van der Waals surface area contributed by atoms with E-state index in [1.807, 2.05) is 24.3 Å². The summed E-state index contributed by atoms with van der Waals surface area (Å²) in [7, 11) is 1.51. The quantitative estimate of drug-likeness (QED) is 0.300. The van der Waals surface area contributed by atoms with Crippen LogP contribution in [0.1, 0.15) is 11.1 Å². The summed E-state index contributed by atoms with van der Waals surface area (Å²) in [6, 6.07) is 17.2. The summed E-state index contributed by atoms with van der Waals surface area (Å²) in [5.74, 6) is 1.43. The molecule has 0 aliphatic carbocycles. The molecule has 0 aliphatic rings. The summed E-state index contributed by atoms with van der Waals surface area (Å²) in [6.07, 6.45) is 3.06. The molecular formula is C21H18N4O3S2. The van der Waals surface area contributed by atoms with Gasteiger partial charge in [0.05, 0.1) is 7.11 Å². The van der Waals surface area contributed by atoms with E-state index in [0.717, 1.165) is 15.7 Å². The van der Waals surface area contributed by atoms with Gasteiger partial charge in [-0.3, -0.25) is 10.1 Å². The molecule has 9 heteroatoms. The predicted octanol–water partition coefficient (Wildman–Crippen LogP) is 4.39. The monoisotopic (exact) mass is 438 g/mol. The van der Waals surface area contributed by atoms with Crippen LogP contribution in [0.5, 0.6) is 11.5 Å². The number of carbonyl (C=O) groups excluding carboxylic acids is 1. The van der Waals surface area contributed by atoms with Gasteiger partial charge in [-0.2, -0.15) is 5.26 Å². The Balaban J connectivity index is 1.54. The largest absolute Gasteiger partial charge is 0.493 e. The lowest BCUT2D eigenvalue weighted by Crippen LogP contribution is -2.07. The van der Waals surface area contributed by atoms with E-state index in [1.54, 1.807) is 36.0 Å². The molecular weight excluding hydrogens is 420 g/mol. The first kappa shape index (κ1) is 21.4. The van der Waals surface area contributed by atoms with E-state index < -0.39 is 0 Å². The van der Waals surface area contributed by atoms with Crippen molar-refractivity contribution in [2.24, 2.45) is 0 Å². The number of aromatic nitrogens is 2. The van der Waals surface area contributed by atoms with Gasteiger partial charge in [0.2, 0.25) is 11.0 Å². The Kier molecular flexibility index (Phi) is 7.83. The minimum atomic E-state index is -0.311. The third-order valence-electron chi connectivity index (χ3n) is 3.75. The molecule has 0 atom stereocenters.